The molecule has 0 spiro atoms. The van der Waals surface area contributed by atoms with Crippen LogP contribution in [0, 0.1) is 5.92 Å². The minimum absolute atomic E-state index is 0.113. The first-order chi connectivity index (χ1) is 17.5. The van der Waals surface area contributed by atoms with E-state index in [2.05, 4.69) is 4.90 Å². The van der Waals surface area contributed by atoms with Gasteiger partial charge in [0.1, 0.15) is 11.5 Å². The molecule has 36 heavy (non-hydrogen) atoms. The van der Waals surface area contributed by atoms with E-state index >= 15 is 0 Å². The number of amides is 2. The number of rotatable bonds is 7. The van der Waals surface area contributed by atoms with Crippen LogP contribution < -0.4 is 24.7 Å². The molecule has 0 radical (unpaired) electrons. The number of hydrogen-bond acceptors (Lipinski definition) is 8. The highest BCUT2D eigenvalue weighted by Crippen LogP contribution is 2.40. The summed E-state index contributed by atoms with van der Waals surface area (Å²) in [4.78, 5) is 27.1. The monoisotopic (exact) mass is 494 g/mol. The predicted molar refractivity (Wildman–Crippen MR) is 131 cm³/mol. The Balaban J connectivity index is 1.42. The van der Waals surface area contributed by atoms with Crippen LogP contribution in [0.1, 0.15) is 36.4 Å². The molecule has 1 atom stereocenters. The van der Waals surface area contributed by atoms with Crippen molar-refractivity contribution in [2.75, 3.05) is 40.6 Å². The quantitative estimate of drug-likeness (QED) is 0.628. The molecule has 0 aliphatic carbocycles. The van der Waals surface area contributed by atoms with E-state index < -0.39 is 0 Å². The second-order valence-corrected chi connectivity index (χ2v) is 9.14. The minimum atomic E-state index is -0.308. The van der Waals surface area contributed by atoms with E-state index in [1.807, 2.05) is 30.3 Å². The average Bonchev–Trinajstić information content (AvgIpc) is 3.55. The SMILES string of the molecule is COc1ccc(C2=NN(C(=O)CN3CCC(C(N)=O)CC3)[C@@H](c3ccc4c(c3)OCO4)C2)c(OC)c1. The number of carbonyl (C=O) groups is 2. The molecule has 0 unspecified atom stereocenters. The Bertz CT molecular complexity index is 1190. The van der Waals surface area contributed by atoms with Crippen molar-refractivity contribution in [3.8, 4) is 23.0 Å². The van der Waals surface area contributed by atoms with Crippen molar-refractivity contribution in [1.29, 1.82) is 0 Å². The third kappa shape index (κ3) is 4.68. The molecule has 1 saturated heterocycles. The summed E-state index contributed by atoms with van der Waals surface area (Å²) in [7, 11) is 3.20. The van der Waals surface area contributed by atoms with Gasteiger partial charge in [0.25, 0.3) is 5.91 Å². The van der Waals surface area contributed by atoms with Crippen molar-refractivity contribution in [2.45, 2.75) is 25.3 Å². The van der Waals surface area contributed by atoms with Gasteiger partial charge in [0.05, 0.1) is 32.5 Å². The summed E-state index contributed by atoms with van der Waals surface area (Å²) in [5, 5.41) is 6.36. The van der Waals surface area contributed by atoms with Crippen molar-refractivity contribution in [3.63, 3.8) is 0 Å². The minimum Gasteiger partial charge on any atom is -0.497 e. The fraction of sp³-hybridized carbons (Fsp3) is 0.423. The van der Waals surface area contributed by atoms with E-state index in [9.17, 15) is 9.59 Å². The number of fused-ring (bicyclic) bond motifs is 1. The molecule has 0 saturated carbocycles. The number of carbonyl (C=O) groups excluding carboxylic acids is 2. The lowest BCUT2D eigenvalue weighted by Gasteiger charge is -2.31. The Hall–Kier alpha value is -3.79. The van der Waals surface area contributed by atoms with Gasteiger partial charge in [-0.05, 0) is 55.8 Å². The summed E-state index contributed by atoms with van der Waals surface area (Å²) in [6.45, 7) is 1.68. The lowest BCUT2D eigenvalue weighted by atomic mass is 9.96. The third-order valence-electron chi connectivity index (χ3n) is 7.02. The van der Waals surface area contributed by atoms with Gasteiger partial charge in [-0.3, -0.25) is 14.5 Å². The standard InChI is InChI=1S/C26H30N4O6/c1-33-18-4-5-19(23(12-18)34-2)20-13-21(17-3-6-22-24(11-17)36-15-35-22)30(28-20)25(31)14-29-9-7-16(8-10-29)26(27)32/h3-6,11-12,16,21H,7-10,13-15H2,1-2H3,(H2,27,32)/t21-/m1/s1. The van der Waals surface area contributed by atoms with Gasteiger partial charge < -0.3 is 24.7 Å². The van der Waals surface area contributed by atoms with Gasteiger partial charge in [-0.15, -0.1) is 0 Å². The number of hydrazone groups is 1. The molecule has 10 nitrogen and oxygen atoms in total. The second-order valence-electron chi connectivity index (χ2n) is 9.14. The molecular weight excluding hydrogens is 464 g/mol. The van der Waals surface area contributed by atoms with Crippen LogP contribution in [0.25, 0.3) is 0 Å². The highest BCUT2D eigenvalue weighted by molar-refractivity contribution is 6.05. The zero-order valence-electron chi connectivity index (χ0n) is 20.4. The first-order valence-electron chi connectivity index (χ1n) is 12.0. The van der Waals surface area contributed by atoms with Crippen molar-refractivity contribution in [1.82, 2.24) is 9.91 Å². The zero-order chi connectivity index (χ0) is 25.2. The molecule has 2 N–H and O–H groups in total. The molecule has 1 fully saturated rings. The summed E-state index contributed by atoms with van der Waals surface area (Å²) < 4.78 is 22.0. The van der Waals surface area contributed by atoms with E-state index in [1.165, 1.54) is 0 Å². The number of methoxy groups -OCH3 is 2. The Kier molecular flexibility index (Phi) is 6.69. The number of hydrogen-bond donors (Lipinski definition) is 1. The van der Waals surface area contributed by atoms with E-state index in [4.69, 9.17) is 29.8 Å². The number of nitrogens with zero attached hydrogens (tertiary/aromatic N) is 3. The zero-order valence-corrected chi connectivity index (χ0v) is 20.4. The summed E-state index contributed by atoms with van der Waals surface area (Å²) in [5.41, 5.74) is 7.92. The summed E-state index contributed by atoms with van der Waals surface area (Å²) in [5.74, 6) is 2.13. The van der Waals surface area contributed by atoms with E-state index in [-0.39, 0.29) is 37.1 Å². The van der Waals surface area contributed by atoms with Crippen molar-refractivity contribution in [3.05, 3.63) is 47.5 Å². The first-order valence-corrected chi connectivity index (χ1v) is 12.0. The molecule has 2 aromatic rings. The Morgan fingerprint density at radius 2 is 1.83 bits per heavy atom. The van der Waals surface area contributed by atoms with Gasteiger partial charge in [-0.1, -0.05) is 6.07 Å². The van der Waals surface area contributed by atoms with Crippen LogP contribution >= 0.6 is 0 Å². The maximum atomic E-state index is 13.6. The molecule has 10 heteroatoms. The molecule has 3 aliphatic rings. The Labute approximate surface area is 209 Å². The van der Waals surface area contributed by atoms with Gasteiger partial charge in [0.2, 0.25) is 12.7 Å². The smallest absolute Gasteiger partial charge is 0.257 e. The normalized spacial score (nSPS) is 19.8. The highest BCUT2D eigenvalue weighted by atomic mass is 16.7. The number of piperidine rings is 1. The van der Waals surface area contributed by atoms with Crippen LogP contribution in [0.4, 0.5) is 0 Å². The molecular formula is C26H30N4O6. The van der Waals surface area contributed by atoms with Crippen molar-refractivity contribution < 1.29 is 28.5 Å². The van der Waals surface area contributed by atoms with Crippen LogP contribution in [0.2, 0.25) is 0 Å². The van der Waals surface area contributed by atoms with Crippen molar-refractivity contribution in [2.24, 2.45) is 16.8 Å². The molecule has 0 aromatic heterocycles. The summed E-state index contributed by atoms with van der Waals surface area (Å²) in [6.07, 6.45) is 1.83. The van der Waals surface area contributed by atoms with Crippen LogP contribution in [0.5, 0.6) is 23.0 Å². The van der Waals surface area contributed by atoms with Crippen molar-refractivity contribution >= 4 is 17.5 Å². The van der Waals surface area contributed by atoms with E-state index in [0.717, 1.165) is 16.8 Å². The van der Waals surface area contributed by atoms with Gasteiger partial charge in [0.15, 0.2) is 11.5 Å². The maximum absolute atomic E-state index is 13.6. The summed E-state index contributed by atoms with van der Waals surface area (Å²) in [6, 6.07) is 11.0. The molecule has 2 aromatic carbocycles. The number of primary amides is 1. The topological polar surface area (TPSA) is 116 Å². The molecule has 2 amide bonds. The molecule has 3 aliphatic heterocycles. The Morgan fingerprint density at radius 3 is 2.56 bits per heavy atom. The molecule has 3 heterocycles. The summed E-state index contributed by atoms with van der Waals surface area (Å²) >= 11 is 0. The third-order valence-corrected chi connectivity index (χ3v) is 7.02. The van der Waals surface area contributed by atoms with Crippen LogP contribution in [0.15, 0.2) is 41.5 Å². The number of ether oxygens (including phenoxy) is 4. The fourth-order valence-corrected chi connectivity index (χ4v) is 4.96. The Morgan fingerprint density at radius 1 is 1.06 bits per heavy atom. The second kappa shape index (κ2) is 10.1. The predicted octanol–water partition coefficient (Wildman–Crippen LogP) is 2.31. The van der Waals surface area contributed by atoms with Gasteiger partial charge >= 0.3 is 0 Å². The number of benzene rings is 2. The van der Waals surface area contributed by atoms with Crippen LogP contribution in [-0.2, 0) is 9.59 Å². The maximum Gasteiger partial charge on any atom is 0.257 e. The highest BCUT2D eigenvalue weighted by Gasteiger charge is 2.36. The van der Waals surface area contributed by atoms with E-state index in [1.54, 1.807) is 25.3 Å². The van der Waals surface area contributed by atoms with Gasteiger partial charge in [0, 0.05) is 24.0 Å². The molecule has 190 valence electrons. The molecule has 0 bridgehead atoms. The van der Waals surface area contributed by atoms with Gasteiger partial charge in [-0.2, -0.15) is 5.10 Å². The molecule has 5 rings (SSSR count). The fourth-order valence-electron chi connectivity index (χ4n) is 4.96. The first kappa shape index (κ1) is 23.9. The van der Waals surface area contributed by atoms with E-state index in [0.29, 0.717) is 55.4 Å². The van der Waals surface area contributed by atoms with Gasteiger partial charge in [-0.25, -0.2) is 5.01 Å². The average molecular weight is 495 g/mol. The number of likely N-dealkylation sites (tertiary alicyclic amines) is 1. The largest absolute Gasteiger partial charge is 0.497 e. The van der Waals surface area contributed by atoms with Crippen LogP contribution in [0.3, 0.4) is 0 Å². The van der Waals surface area contributed by atoms with Crippen LogP contribution in [-0.4, -0.2) is 68.1 Å². The number of nitrogens with two attached hydrogens (primary N) is 1. The lowest BCUT2D eigenvalue weighted by molar-refractivity contribution is -0.134. The lowest BCUT2D eigenvalue weighted by Crippen LogP contribution is -2.44.